The zero-order valence-corrected chi connectivity index (χ0v) is 36.6. The van der Waals surface area contributed by atoms with Crippen molar-refractivity contribution in [3.8, 4) is 0 Å². The zero-order valence-electron chi connectivity index (χ0n) is 36.6. The molecule has 0 amide bonds. The Morgan fingerprint density at radius 2 is 0.778 bits per heavy atom. The molecule has 0 saturated carbocycles. The summed E-state index contributed by atoms with van der Waals surface area (Å²) in [4.78, 5) is 38.9. The highest BCUT2D eigenvalue weighted by Gasteiger charge is 2.14. The maximum absolute atomic E-state index is 12.8. The molecule has 0 aliphatic heterocycles. The summed E-state index contributed by atoms with van der Waals surface area (Å²) in [6.07, 6.45) is 38.3. The van der Waals surface area contributed by atoms with Crippen LogP contribution in [0.2, 0.25) is 0 Å². The molecule has 0 bridgehead atoms. The second-order valence-corrected chi connectivity index (χ2v) is 16.0. The molecule has 0 atom stereocenters. The number of esters is 3. The lowest BCUT2D eigenvalue weighted by atomic mass is 10.0. The average molecular weight is 766 g/mol. The normalized spacial score (nSPS) is 11.4. The molecule has 0 unspecified atom stereocenters. The first-order valence-electron chi connectivity index (χ1n) is 23.7. The van der Waals surface area contributed by atoms with Gasteiger partial charge >= 0.3 is 17.9 Å². The molecule has 7 nitrogen and oxygen atoms in total. The van der Waals surface area contributed by atoms with Crippen LogP contribution < -0.4 is 0 Å². The van der Waals surface area contributed by atoms with Crippen molar-refractivity contribution in [2.75, 3.05) is 32.8 Å². The lowest BCUT2D eigenvalue weighted by molar-refractivity contribution is -0.150. The molecule has 0 saturated heterocycles. The van der Waals surface area contributed by atoms with Crippen LogP contribution in [-0.4, -0.2) is 61.8 Å². The summed E-state index contributed by atoms with van der Waals surface area (Å²) < 4.78 is 16.9. The highest BCUT2D eigenvalue weighted by atomic mass is 16.5. The van der Waals surface area contributed by atoms with E-state index < -0.39 is 0 Å². The van der Waals surface area contributed by atoms with Gasteiger partial charge in [0.05, 0.1) is 6.61 Å². The molecule has 0 heterocycles. The van der Waals surface area contributed by atoms with Gasteiger partial charge in [0.1, 0.15) is 12.7 Å². The van der Waals surface area contributed by atoms with E-state index in [1.54, 1.807) is 0 Å². The van der Waals surface area contributed by atoms with E-state index in [1.807, 2.05) is 6.92 Å². The van der Waals surface area contributed by atoms with Gasteiger partial charge in [0.15, 0.2) is 0 Å². The van der Waals surface area contributed by atoms with E-state index in [0.29, 0.717) is 32.5 Å². The van der Waals surface area contributed by atoms with Gasteiger partial charge in [-0.15, -0.1) is 0 Å². The largest absolute Gasteiger partial charge is 0.466 e. The Kier molecular flexibility index (Phi) is 41.2. The lowest BCUT2D eigenvalue weighted by Gasteiger charge is -2.22. The number of ether oxygens (including phenoxy) is 3. The number of carbonyl (C=O) groups excluding carboxylic acids is 3. The highest BCUT2D eigenvalue weighted by molar-refractivity contribution is 5.69. The molecular weight excluding hydrogens is 675 g/mol. The Morgan fingerprint density at radius 1 is 0.389 bits per heavy atom. The molecule has 54 heavy (non-hydrogen) atoms. The molecule has 0 aromatic carbocycles. The van der Waals surface area contributed by atoms with Crippen molar-refractivity contribution in [1.29, 1.82) is 0 Å². The Morgan fingerprint density at radius 3 is 1.26 bits per heavy atom. The van der Waals surface area contributed by atoms with Gasteiger partial charge in [-0.05, 0) is 70.9 Å². The predicted octanol–water partition coefficient (Wildman–Crippen LogP) is 13.6. The van der Waals surface area contributed by atoms with E-state index in [9.17, 15) is 14.4 Å². The first-order chi connectivity index (χ1) is 26.5. The van der Waals surface area contributed by atoms with Crippen molar-refractivity contribution in [2.45, 2.75) is 252 Å². The van der Waals surface area contributed by atoms with Crippen molar-refractivity contribution in [1.82, 2.24) is 4.90 Å². The van der Waals surface area contributed by atoms with Gasteiger partial charge in [0.25, 0.3) is 0 Å². The first kappa shape index (κ1) is 52.4. The quantitative estimate of drug-likeness (QED) is 0.0347. The molecule has 0 aromatic heterocycles. The van der Waals surface area contributed by atoms with Gasteiger partial charge in [-0.25, -0.2) is 0 Å². The second-order valence-electron chi connectivity index (χ2n) is 16.0. The Balaban J connectivity index is 4.24. The molecule has 0 fully saturated rings. The molecule has 0 N–H and O–H groups in total. The van der Waals surface area contributed by atoms with Crippen LogP contribution >= 0.6 is 0 Å². The van der Waals surface area contributed by atoms with Gasteiger partial charge in [0.2, 0.25) is 0 Å². The van der Waals surface area contributed by atoms with Gasteiger partial charge in [-0.2, -0.15) is 0 Å². The van der Waals surface area contributed by atoms with E-state index in [1.165, 1.54) is 109 Å². The summed E-state index contributed by atoms with van der Waals surface area (Å²) >= 11 is 0. The summed E-state index contributed by atoms with van der Waals surface area (Å²) in [5.41, 5.74) is 0. The van der Waals surface area contributed by atoms with Crippen molar-refractivity contribution >= 4 is 17.9 Å². The Bertz CT molecular complexity index is 804. The van der Waals surface area contributed by atoms with Crippen LogP contribution in [-0.2, 0) is 28.6 Å². The summed E-state index contributed by atoms with van der Waals surface area (Å²) in [5, 5.41) is 0. The minimum Gasteiger partial charge on any atom is -0.466 e. The topological polar surface area (TPSA) is 82.1 Å². The molecule has 320 valence electrons. The van der Waals surface area contributed by atoms with Crippen molar-refractivity contribution in [2.24, 2.45) is 0 Å². The molecular formula is C47H91NO6. The smallest absolute Gasteiger partial charge is 0.306 e. The van der Waals surface area contributed by atoms with E-state index in [-0.39, 0.29) is 24.0 Å². The van der Waals surface area contributed by atoms with Crippen molar-refractivity contribution in [3.05, 3.63) is 0 Å². The molecule has 0 radical (unpaired) electrons. The van der Waals surface area contributed by atoms with Crippen molar-refractivity contribution < 1.29 is 28.6 Å². The average Bonchev–Trinajstić information content (AvgIpc) is 3.17. The fraction of sp³-hybridized carbons (Fsp3) is 0.936. The third-order valence-corrected chi connectivity index (χ3v) is 10.7. The molecule has 0 aliphatic carbocycles. The number of carbonyl (C=O) groups is 3. The number of nitrogens with zero attached hydrogens (tertiary/aromatic N) is 1. The fourth-order valence-electron chi connectivity index (χ4n) is 7.13. The maximum Gasteiger partial charge on any atom is 0.306 e. The zero-order chi connectivity index (χ0) is 39.6. The molecule has 7 heteroatoms. The van der Waals surface area contributed by atoms with Gasteiger partial charge < -0.3 is 14.2 Å². The van der Waals surface area contributed by atoms with Gasteiger partial charge in [-0.1, -0.05) is 169 Å². The Labute approximate surface area is 335 Å². The van der Waals surface area contributed by atoms with Crippen LogP contribution in [0.5, 0.6) is 0 Å². The van der Waals surface area contributed by atoms with Crippen LogP contribution in [0, 0.1) is 0 Å². The van der Waals surface area contributed by atoms with E-state index >= 15 is 0 Å². The van der Waals surface area contributed by atoms with E-state index in [2.05, 4.69) is 25.7 Å². The minimum absolute atomic E-state index is 0.00324. The standard InChI is InChI=1S/C47H91NO6/c1-5-9-12-15-18-27-34-42-52-46(50)37-30-23-19-25-32-39-48(41-43-53-45(49)8-4)40-33-26-20-24-31-38-47(51)54-44(35-28-21-16-13-10-6-2)36-29-22-17-14-11-7-3/h44H,5-43H2,1-4H3. The molecule has 0 aromatic rings. The number of hydrogen-bond acceptors (Lipinski definition) is 7. The van der Waals surface area contributed by atoms with Crippen LogP contribution in [0.25, 0.3) is 0 Å². The van der Waals surface area contributed by atoms with Crippen LogP contribution in [0.15, 0.2) is 0 Å². The fourth-order valence-corrected chi connectivity index (χ4v) is 7.13. The predicted molar refractivity (Wildman–Crippen MR) is 228 cm³/mol. The van der Waals surface area contributed by atoms with Gasteiger partial charge in [0, 0.05) is 25.8 Å². The van der Waals surface area contributed by atoms with Crippen molar-refractivity contribution in [3.63, 3.8) is 0 Å². The van der Waals surface area contributed by atoms with Crippen LogP contribution in [0.3, 0.4) is 0 Å². The third kappa shape index (κ3) is 38.6. The summed E-state index contributed by atoms with van der Waals surface area (Å²) in [5.74, 6) is -0.172. The first-order valence-corrected chi connectivity index (χ1v) is 23.7. The maximum atomic E-state index is 12.8. The SMILES string of the molecule is CCCCCCCCCOC(=O)CCCCCCCN(CCCCCCCC(=O)OC(CCCCCCCC)CCCCCCCC)CCOC(=O)CC. The molecule has 0 rings (SSSR count). The Hall–Kier alpha value is -1.63. The summed E-state index contributed by atoms with van der Waals surface area (Å²) in [6.45, 7) is 12.4. The highest BCUT2D eigenvalue weighted by Crippen LogP contribution is 2.18. The minimum atomic E-state index is -0.134. The van der Waals surface area contributed by atoms with Crippen LogP contribution in [0.4, 0.5) is 0 Å². The van der Waals surface area contributed by atoms with Gasteiger partial charge in [-0.3, -0.25) is 19.3 Å². The van der Waals surface area contributed by atoms with E-state index in [4.69, 9.17) is 14.2 Å². The number of hydrogen-bond donors (Lipinski definition) is 0. The van der Waals surface area contributed by atoms with E-state index in [0.717, 1.165) is 110 Å². The summed E-state index contributed by atoms with van der Waals surface area (Å²) in [6, 6.07) is 0. The molecule has 0 spiro atoms. The monoisotopic (exact) mass is 766 g/mol. The summed E-state index contributed by atoms with van der Waals surface area (Å²) in [7, 11) is 0. The number of rotatable bonds is 43. The van der Waals surface area contributed by atoms with Crippen LogP contribution in [0.1, 0.15) is 246 Å². The second kappa shape index (κ2) is 42.5. The third-order valence-electron chi connectivity index (χ3n) is 10.7. The number of unbranched alkanes of at least 4 members (excludes halogenated alkanes) is 24. The molecule has 0 aliphatic rings. The lowest BCUT2D eigenvalue weighted by Crippen LogP contribution is -2.30.